The van der Waals surface area contributed by atoms with Crippen LogP contribution in [0.2, 0.25) is 0 Å². The van der Waals surface area contributed by atoms with Crippen LogP contribution in [-0.4, -0.2) is 22.2 Å². The number of nitrogens with zero attached hydrogens (tertiary/aromatic N) is 1. The molecule has 1 unspecified atom stereocenters. The van der Waals surface area contributed by atoms with E-state index in [0.29, 0.717) is 12.2 Å². The largest absolute Gasteiger partial charge is 0.491 e. The van der Waals surface area contributed by atoms with E-state index in [9.17, 15) is 4.79 Å². The van der Waals surface area contributed by atoms with Crippen molar-refractivity contribution < 1.29 is 9.53 Å². The molecule has 0 radical (unpaired) electrons. The topological polar surface area (TPSA) is 67.0 Å². The first kappa shape index (κ1) is 13.7. The average molecular weight is 285 g/mol. The van der Waals surface area contributed by atoms with Gasteiger partial charge in [-0.15, -0.1) is 0 Å². The predicted molar refractivity (Wildman–Crippen MR) is 80.6 cm³/mol. The quantitative estimate of drug-likeness (QED) is 0.911. The van der Waals surface area contributed by atoms with E-state index in [1.54, 1.807) is 0 Å². The van der Waals surface area contributed by atoms with Gasteiger partial charge >= 0.3 is 0 Å². The number of benzene rings is 1. The summed E-state index contributed by atoms with van der Waals surface area (Å²) in [7, 11) is 0. The molecule has 5 nitrogen and oxygen atoms in total. The second kappa shape index (κ2) is 5.24. The SMILES string of the molecule is Cc1[nH]nc2c1C(c1ccccc1OC(C)C)CC(=O)N2. The summed E-state index contributed by atoms with van der Waals surface area (Å²) >= 11 is 0. The Bertz CT molecular complexity index is 676. The predicted octanol–water partition coefficient (Wildman–Crippen LogP) is 2.98. The molecule has 5 heteroatoms. The number of rotatable bonds is 3. The number of hydrogen-bond acceptors (Lipinski definition) is 3. The lowest BCUT2D eigenvalue weighted by Gasteiger charge is -2.25. The Morgan fingerprint density at radius 2 is 2.10 bits per heavy atom. The van der Waals surface area contributed by atoms with E-state index in [4.69, 9.17) is 4.74 Å². The van der Waals surface area contributed by atoms with Crippen LogP contribution in [0.25, 0.3) is 0 Å². The molecular weight excluding hydrogens is 266 g/mol. The smallest absolute Gasteiger partial charge is 0.226 e. The van der Waals surface area contributed by atoms with E-state index in [1.807, 2.05) is 45.0 Å². The number of carbonyl (C=O) groups is 1. The van der Waals surface area contributed by atoms with E-state index in [0.717, 1.165) is 22.6 Å². The zero-order valence-corrected chi connectivity index (χ0v) is 12.4. The number of para-hydroxylation sites is 1. The minimum atomic E-state index is -0.0255. The maximum absolute atomic E-state index is 11.9. The van der Waals surface area contributed by atoms with Gasteiger partial charge < -0.3 is 10.1 Å². The van der Waals surface area contributed by atoms with Crippen molar-refractivity contribution in [2.45, 2.75) is 39.2 Å². The molecule has 3 rings (SSSR count). The van der Waals surface area contributed by atoms with Gasteiger partial charge in [0, 0.05) is 29.2 Å². The maximum atomic E-state index is 11.9. The Morgan fingerprint density at radius 1 is 1.33 bits per heavy atom. The first-order chi connectivity index (χ1) is 10.1. The van der Waals surface area contributed by atoms with Crippen molar-refractivity contribution in [3.63, 3.8) is 0 Å². The Labute approximate surface area is 123 Å². The second-order valence-electron chi connectivity index (χ2n) is 5.62. The summed E-state index contributed by atoms with van der Waals surface area (Å²) in [6.07, 6.45) is 0.500. The molecule has 21 heavy (non-hydrogen) atoms. The fourth-order valence-electron chi connectivity index (χ4n) is 2.83. The molecule has 1 aromatic carbocycles. The molecule has 2 N–H and O–H groups in total. The summed E-state index contributed by atoms with van der Waals surface area (Å²) in [5.41, 5.74) is 3.07. The molecule has 1 amide bonds. The molecule has 1 aliphatic heterocycles. The Balaban J connectivity index is 2.08. The maximum Gasteiger partial charge on any atom is 0.226 e. The summed E-state index contributed by atoms with van der Waals surface area (Å²) in [4.78, 5) is 11.9. The summed E-state index contributed by atoms with van der Waals surface area (Å²) in [6, 6.07) is 7.91. The highest BCUT2D eigenvalue weighted by molar-refractivity contribution is 5.94. The van der Waals surface area contributed by atoms with Crippen molar-refractivity contribution in [2.24, 2.45) is 0 Å². The third-order valence-electron chi connectivity index (χ3n) is 3.65. The highest BCUT2D eigenvalue weighted by Crippen LogP contribution is 2.41. The van der Waals surface area contributed by atoms with Crippen molar-refractivity contribution >= 4 is 11.7 Å². The molecule has 1 aromatic heterocycles. The van der Waals surface area contributed by atoms with Crippen molar-refractivity contribution in [2.75, 3.05) is 5.32 Å². The van der Waals surface area contributed by atoms with Gasteiger partial charge in [0.1, 0.15) is 5.75 Å². The van der Waals surface area contributed by atoms with Gasteiger partial charge in [-0.05, 0) is 26.8 Å². The van der Waals surface area contributed by atoms with Gasteiger partial charge in [0.15, 0.2) is 5.82 Å². The molecule has 110 valence electrons. The lowest BCUT2D eigenvalue weighted by Crippen LogP contribution is -2.24. The number of aryl methyl sites for hydroxylation is 1. The Hall–Kier alpha value is -2.30. The van der Waals surface area contributed by atoms with Crippen LogP contribution in [0, 0.1) is 6.92 Å². The van der Waals surface area contributed by atoms with Crippen LogP contribution in [0.3, 0.4) is 0 Å². The third-order valence-corrected chi connectivity index (χ3v) is 3.65. The molecule has 1 aliphatic rings. The Kier molecular flexibility index (Phi) is 3.41. The van der Waals surface area contributed by atoms with E-state index in [-0.39, 0.29) is 17.9 Å². The molecule has 1 atom stereocenters. The lowest BCUT2D eigenvalue weighted by molar-refractivity contribution is -0.116. The summed E-state index contributed by atoms with van der Waals surface area (Å²) in [6.45, 7) is 5.97. The van der Waals surface area contributed by atoms with Crippen LogP contribution >= 0.6 is 0 Å². The van der Waals surface area contributed by atoms with Crippen molar-refractivity contribution in [3.05, 3.63) is 41.1 Å². The number of hydrogen-bond donors (Lipinski definition) is 2. The van der Waals surface area contributed by atoms with Crippen LogP contribution in [0.1, 0.15) is 43.0 Å². The van der Waals surface area contributed by atoms with Gasteiger partial charge in [0.25, 0.3) is 0 Å². The fraction of sp³-hybridized carbons (Fsp3) is 0.375. The summed E-state index contributed by atoms with van der Waals surface area (Å²) in [5, 5.41) is 9.95. The van der Waals surface area contributed by atoms with Gasteiger partial charge in [0.05, 0.1) is 6.10 Å². The molecule has 0 saturated heterocycles. The standard InChI is InChI=1S/C16H19N3O2/c1-9(2)21-13-7-5-4-6-11(13)12-8-14(20)17-16-15(12)10(3)18-19-16/h4-7,9,12H,8H2,1-3H3,(H2,17,18,19,20). The molecule has 0 saturated carbocycles. The zero-order chi connectivity index (χ0) is 15.0. The fourth-order valence-corrected chi connectivity index (χ4v) is 2.83. The first-order valence-electron chi connectivity index (χ1n) is 7.16. The molecule has 2 heterocycles. The number of ether oxygens (including phenoxy) is 1. The summed E-state index contributed by atoms with van der Waals surface area (Å²) in [5.74, 6) is 1.42. The lowest BCUT2D eigenvalue weighted by atomic mass is 9.85. The van der Waals surface area contributed by atoms with Crippen LogP contribution in [0.5, 0.6) is 5.75 Å². The Morgan fingerprint density at radius 3 is 2.86 bits per heavy atom. The monoisotopic (exact) mass is 285 g/mol. The van der Waals surface area contributed by atoms with E-state index in [1.165, 1.54) is 0 Å². The van der Waals surface area contributed by atoms with Crippen LogP contribution < -0.4 is 10.1 Å². The second-order valence-corrected chi connectivity index (χ2v) is 5.62. The molecule has 0 aliphatic carbocycles. The van der Waals surface area contributed by atoms with E-state index < -0.39 is 0 Å². The molecule has 0 bridgehead atoms. The van der Waals surface area contributed by atoms with Crippen LogP contribution in [0.4, 0.5) is 5.82 Å². The molecule has 0 fully saturated rings. The van der Waals surface area contributed by atoms with Gasteiger partial charge in [0.2, 0.25) is 5.91 Å². The number of nitrogens with one attached hydrogen (secondary N) is 2. The molecular formula is C16H19N3O2. The normalized spacial score (nSPS) is 17.5. The van der Waals surface area contributed by atoms with Gasteiger partial charge in [-0.1, -0.05) is 18.2 Å². The molecule has 2 aromatic rings. The summed E-state index contributed by atoms with van der Waals surface area (Å²) < 4.78 is 5.90. The van der Waals surface area contributed by atoms with E-state index >= 15 is 0 Å². The van der Waals surface area contributed by atoms with Gasteiger partial charge in [-0.25, -0.2) is 0 Å². The highest BCUT2D eigenvalue weighted by Gasteiger charge is 2.32. The minimum absolute atomic E-state index is 0.0154. The number of anilines is 1. The number of aromatic amines is 1. The number of fused-ring (bicyclic) bond motifs is 1. The average Bonchev–Trinajstić information content (AvgIpc) is 2.79. The number of carbonyl (C=O) groups excluding carboxylic acids is 1. The van der Waals surface area contributed by atoms with Crippen molar-refractivity contribution in [3.8, 4) is 5.75 Å². The number of amides is 1. The number of aromatic nitrogens is 2. The number of H-pyrrole nitrogens is 1. The van der Waals surface area contributed by atoms with Crippen LogP contribution in [0.15, 0.2) is 24.3 Å². The highest BCUT2D eigenvalue weighted by atomic mass is 16.5. The van der Waals surface area contributed by atoms with Crippen molar-refractivity contribution in [1.82, 2.24) is 10.2 Å². The first-order valence-corrected chi connectivity index (χ1v) is 7.16. The van der Waals surface area contributed by atoms with Gasteiger partial charge in [-0.3, -0.25) is 9.89 Å². The van der Waals surface area contributed by atoms with Crippen LogP contribution in [-0.2, 0) is 4.79 Å². The molecule has 0 spiro atoms. The van der Waals surface area contributed by atoms with Gasteiger partial charge in [-0.2, -0.15) is 5.10 Å². The van der Waals surface area contributed by atoms with Crippen molar-refractivity contribution in [1.29, 1.82) is 0 Å². The van der Waals surface area contributed by atoms with E-state index in [2.05, 4.69) is 15.5 Å². The minimum Gasteiger partial charge on any atom is -0.491 e. The zero-order valence-electron chi connectivity index (χ0n) is 12.4. The third kappa shape index (κ3) is 2.51.